The van der Waals surface area contributed by atoms with Crippen molar-refractivity contribution in [3.05, 3.63) is 33.8 Å². The molecule has 4 nitrogen and oxygen atoms in total. The molecule has 1 aliphatic rings. The normalized spacial score (nSPS) is 17.7. The summed E-state index contributed by atoms with van der Waals surface area (Å²) in [6.45, 7) is 1.44. The fraction of sp³-hybridized carbons (Fsp3) is 0.562. The summed E-state index contributed by atoms with van der Waals surface area (Å²) < 4.78 is 24.9. The summed E-state index contributed by atoms with van der Waals surface area (Å²) in [6, 6.07) is 4.78. The number of amides is 1. The number of sulfone groups is 1. The monoisotopic (exact) mass is 377 g/mol. The van der Waals surface area contributed by atoms with Gasteiger partial charge in [-0.2, -0.15) is 0 Å². The van der Waals surface area contributed by atoms with Gasteiger partial charge in [-0.25, -0.2) is 8.42 Å². The fourth-order valence-electron chi connectivity index (χ4n) is 2.72. The molecule has 2 rings (SSSR count). The van der Waals surface area contributed by atoms with Crippen LogP contribution in [-0.2, 0) is 20.4 Å². The average Bonchev–Trinajstić information content (AvgIpc) is 2.51. The highest BCUT2D eigenvalue weighted by atomic mass is 35.5. The molecule has 0 saturated heterocycles. The molecule has 23 heavy (non-hydrogen) atoms. The molecule has 1 aliphatic carbocycles. The summed E-state index contributed by atoms with van der Waals surface area (Å²) in [4.78, 5) is 12.2. The van der Waals surface area contributed by atoms with Gasteiger partial charge in [0.05, 0.1) is 15.8 Å². The molecule has 1 atom stereocenters. The number of carbonyl (C=O) groups is 1. The molecule has 1 saturated carbocycles. The first-order valence-electron chi connectivity index (χ1n) is 7.75. The first kappa shape index (κ1) is 18.6. The Morgan fingerprint density at radius 1 is 1.22 bits per heavy atom. The minimum Gasteiger partial charge on any atom is -0.352 e. The van der Waals surface area contributed by atoms with Crippen molar-refractivity contribution in [1.82, 2.24) is 5.32 Å². The summed E-state index contributed by atoms with van der Waals surface area (Å²) in [7, 11) is -3.61. The summed E-state index contributed by atoms with van der Waals surface area (Å²) in [5.41, 5.74) is 0.525. The third-order valence-electron chi connectivity index (χ3n) is 4.21. The van der Waals surface area contributed by atoms with E-state index in [0.29, 0.717) is 15.6 Å². The van der Waals surface area contributed by atoms with Gasteiger partial charge in [-0.3, -0.25) is 4.79 Å². The lowest BCUT2D eigenvalue weighted by atomic mass is 9.95. The van der Waals surface area contributed by atoms with Gasteiger partial charge >= 0.3 is 0 Å². The van der Waals surface area contributed by atoms with Gasteiger partial charge in [0.15, 0.2) is 9.84 Å². The Hall–Kier alpha value is -0.780. The van der Waals surface area contributed by atoms with Gasteiger partial charge in [-0.15, -0.1) is 0 Å². The Kier molecular flexibility index (Phi) is 6.34. The zero-order valence-corrected chi connectivity index (χ0v) is 15.3. The smallest absolute Gasteiger partial charge is 0.238 e. The Morgan fingerprint density at radius 3 is 2.48 bits per heavy atom. The van der Waals surface area contributed by atoms with E-state index in [-0.39, 0.29) is 11.8 Å². The molecular formula is C16H21Cl2NO3S. The van der Waals surface area contributed by atoms with Crippen molar-refractivity contribution in [3.8, 4) is 0 Å². The predicted molar refractivity (Wildman–Crippen MR) is 93.6 cm³/mol. The second-order valence-corrected chi connectivity index (χ2v) is 9.18. The summed E-state index contributed by atoms with van der Waals surface area (Å²) in [5.74, 6) is -0.652. The fourth-order valence-corrected chi connectivity index (χ4v) is 4.32. The zero-order chi connectivity index (χ0) is 17.0. The van der Waals surface area contributed by atoms with Gasteiger partial charge in [0.1, 0.15) is 5.25 Å². The van der Waals surface area contributed by atoms with Gasteiger partial charge in [-0.05, 0) is 37.5 Å². The van der Waals surface area contributed by atoms with Crippen LogP contribution in [0.15, 0.2) is 18.2 Å². The highest BCUT2D eigenvalue weighted by molar-refractivity contribution is 7.92. The quantitative estimate of drug-likeness (QED) is 0.849. The van der Waals surface area contributed by atoms with Gasteiger partial charge in [0.25, 0.3) is 0 Å². The van der Waals surface area contributed by atoms with Gasteiger partial charge < -0.3 is 5.32 Å². The maximum atomic E-state index is 12.4. The van der Waals surface area contributed by atoms with E-state index in [1.807, 2.05) is 0 Å². The third-order valence-corrected chi connectivity index (χ3v) is 6.98. The maximum Gasteiger partial charge on any atom is 0.238 e. The summed E-state index contributed by atoms with van der Waals surface area (Å²) in [5, 5.41) is 2.46. The first-order valence-corrected chi connectivity index (χ1v) is 10.2. The Bertz CT molecular complexity index is 670. The number of carbonyl (C=O) groups excluding carboxylic acids is 1. The number of rotatable bonds is 5. The van der Waals surface area contributed by atoms with E-state index in [1.165, 1.54) is 19.4 Å². The first-order chi connectivity index (χ1) is 10.8. The Balaban J connectivity index is 2.02. The Labute approximate surface area is 147 Å². The standard InChI is InChI=1S/C16H21Cl2NO3S/c1-11(16(20)19-13-5-3-2-4-6-13)23(21,22)10-12-7-8-14(17)15(18)9-12/h7-9,11,13H,2-6,10H2,1H3,(H,19,20). The average molecular weight is 378 g/mol. The van der Waals surface area contributed by atoms with E-state index in [9.17, 15) is 13.2 Å². The van der Waals surface area contributed by atoms with Crippen LogP contribution in [0.3, 0.4) is 0 Å². The molecule has 1 amide bonds. The molecule has 1 aromatic rings. The number of nitrogens with one attached hydrogen (secondary N) is 1. The van der Waals surface area contributed by atoms with Crippen molar-refractivity contribution in [3.63, 3.8) is 0 Å². The largest absolute Gasteiger partial charge is 0.352 e. The molecular weight excluding hydrogens is 357 g/mol. The number of hydrogen-bond acceptors (Lipinski definition) is 3. The van der Waals surface area contributed by atoms with Gasteiger partial charge in [0, 0.05) is 6.04 Å². The molecule has 0 bridgehead atoms. The molecule has 1 aromatic carbocycles. The number of halogens is 2. The maximum absolute atomic E-state index is 12.4. The van der Waals surface area contributed by atoms with Crippen molar-refractivity contribution < 1.29 is 13.2 Å². The van der Waals surface area contributed by atoms with Crippen LogP contribution in [0.1, 0.15) is 44.6 Å². The molecule has 1 fully saturated rings. The molecule has 1 unspecified atom stereocenters. The topological polar surface area (TPSA) is 63.2 Å². The predicted octanol–water partition coefficient (Wildman–Crippen LogP) is 3.75. The molecule has 0 aromatic heterocycles. The molecule has 0 radical (unpaired) electrons. The van der Waals surface area contributed by atoms with Crippen molar-refractivity contribution in [2.75, 3.05) is 0 Å². The molecule has 7 heteroatoms. The van der Waals surface area contributed by atoms with Crippen molar-refractivity contribution >= 4 is 38.9 Å². The minimum atomic E-state index is -3.61. The van der Waals surface area contributed by atoms with Crippen LogP contribution in [0.25, 0.3) is 0 Å². The van der Waals surface area contributed by atoms with E-state index in [1.54, 1.807) is 12.1 Å². The molecule has 1 N–H and O–H groups in total. The summed E-state index contributed by atoms with van der Waals surface area (Å²) in [6.07, 6.45) is 5.18. The van der Waals surface area contributed by atoms with Crippen LogP contribution in [0.4, 0.5) is 0 Å². The van der Waals surface area contributed by atoms with Crippen LogP contribution < -0.4 is 5.32 Å². The number of hydrogen-bond donors (Lipinski definition) is 1. The van der Waals surface area contributed by atoms with Gasteiger partial charge in [0.2, 0.25) is 5.91 Å². The molecule has 0 heterocycles. The van der Waals surface area contributed by atoms with E-state index in [2.05, 4.69) is 5.32 Å². The van der Waals surface area contributed by atoms with Crippen molar-refractivity contribution in [2.24, 2.45) is 0 Å². The van der Waals surface area contributed by atoms with E-state index < -0.39 is 21.0 Å². The Morgan fingerprint density at radius 2 is 1.87 bits per heavy atom. The lowest BCUT2D eigenvalue weighted by Crippen LogP contribution is -2.44. The zero-order valence-electron chi connectivity index (χ0n) is 13.0. The van der Waals surface area contributed by atoms with E-state index >= 15 is 0 Å². The lowest BCUT2D eigenvalue weighted by molar-refractivity contribution is -0.121. The highest BCUT2D eigenvalue weighted by Gasteiger charge is 2.30. The SMILES string of the molecule is CC(C(=O)NC1CCCCC1)S(=O)(=O)Cc1ccc(Cl)c(Cl)c1. The molecule has 128 valence electrons. The second kappa shape index (κ2) is 7.86. The van der Waals surface area contributed by atoms with Crippen LogP contribution >= 0.6 is 23.2 Å². The lowest BCUT2D eigenvalue weighted by Gasteiger charge is -2.24. The van der Waals surface area contributed by atoms with Crippen LogP contribution in [0, 0.1) is 0 Å². The van der Waals surface area contributed by atoms with Crippen LogP contribution in [0.5, 0.6) is 0 Å². The van der Waals surface area contributed by atoms with Crippen LogP contribution in [0.2, 0.25) is 10.0 Å². The summed E-state index contributed by atoms with van der Waals surface area (Å²) >= 11 is 11.7. The van der Waals surface area contributed by atoms with E-state index in [0.717, 1.165) is 25.7 Å². The second-order valence-electron chi connectivity index (χ2n) is 6.04. The highest BCUT2D eigenvalue weighted by Crippen LogP contribution is 2.24. The van der Waals surface area contributed by atoms with E-state index in [4.69, 9.17) is 23.2 Å². The third kappa shape index (κ3) is 5.10. The van der Waals surface area contributed by atoms with Crippen LogP contribution in [-0.4, -0.2) is 25.6 Å². The molecule has 0 spiro atoms. The van der Waals surface area contributed by atoms with Gasteiger partial charge in [-0.1, -0.05) is 48.5 Å². The van der Waals surface area contributed by atoms with Crippen molar-refractivity contribution in [1.29, 1.82) is 0 Å². The minimum absolute atomic E-state index is 0.0962. The van der Waals surface area contributed by atoms with Crippen molar-refractivity contribution in [2.45, 2.75) is 56.1 Å². The molecule has 0 aliphatic heterocycles. The number of benzene rings is 1.